The fourth-order valence-electron chi connectivity index (χ4n) is 1.73. The van der Waals surface area contributed by atoms with Gasteiger partial charge in [0.05, 0.1) is 23.5 Å². The van der Waals surface area contributed by atoms with Crippen molar-refractivity contribution in [2.45, 2.75) is 6.92 Å². The Labute approximate surface area is 139 Å². The molecule has 6 heteroatoms. The Bertz CT molecular complexity index is 750. The van der Waals surface area contributed by atoms with Crippen molar-refractivity contribution in [3.05, 3.63) is 66.7 Å². The Kier molecular flexibility index (Phi) is 5.96. The topological polar surface area (TPSA) is 77.3 Å². The number of nitrogens with zero attached hydrogens (tertiary/aromatic N) is 2. The molecular weight excluding hydrogens is 308 g/mol. The first kappa shape index (κ1) is 17.1. The molecule has 2 rings (SSSR count). The number of ether oxygens (including phenoxy) is 2. The Morgan fingerprint density at radius 2 is 1.54 bits per heavy atom. The van der Waals surface area contributed by atoms with E-state index in [1.807, 2.05) is 0 Å². The van der Waals surface area contributed by atoms with Crippen LogP contribution in [-0.2, 0) is 9.53 Å². The molecule has 6 nitrogen and oxygen atoms in total. The average Bonchev–Trinajstić information content (AvgIpc) is 2.61. The Morgan fingerprint density at radius 3 is 2.04 bits per heavy atom. The summed E-state index contributed by atoms with van der Waals surface area (Å²) in [4.78, 5) is 22.6. The van der Waals surface area contributed by atoms with Gasteiger partial charge >= 0.3 is 11.9 Å². The zero-order valence-electron chi connectivity index (χ0n) is 13.1. The molecule has 0 bridgehead atoms. The van der Waals surface area contributed by atoms with E-state index in [2.05, 4.69) is 16.8 Å². The normalized spacial score (nSPS) is 10.4. The zero-order valence-corrected chi connectivity index (χ0v) is 13.1. The lowest BCUT2D eigenvalue weighted by Crippen LogP contribution is -2.03. The third kappa shape index (κ3) is 4.88. The molecule has 24 heavy (non-hydrogen) atoms. The lowest BCUT2D eigenvalue weighted by molar-refractivity contribution is -0.128. The smallest absolute Gasteiger partial charge is 0.338 e. The maximum atomic E-state index is 11.5. The van der Waals surface area contributed by atoms with Crippen LogP contribution in [0.2, 0.25) is 0 Å². The number of rotatable bonds is 6. The quantitative estimate of drug-likeness (QED) is 0.342. The minimum absolute atomic E-state index is 0.332. The number of carbonyl (C=O) groups is 2. The van der Waals surface area contributed by atoms with E-state index in [1.165, 1.54) is 0 Å². The van der Waals surface area contributed by atoms with Crippen LogP contribution in [0.5, 0.6) is 5.75 Å². The second-order valence-corrected chi connectivity index (χ2v) is 4.59. The van der Waals surface area contributed by atoms with E-state index in [4.69, 9.17) is 9.47 Å². The second-order valence-electron chi connectivity index (χ2n) is 4.59. The van der Waals surface area contributed by atoms with E-state index in [-0.39, 0.29) is 5.97 Å². The molecule has 2 aromatic carbocycles. The summed E-state index contributed by atoms with van der Waals surface area (Å²) in [5, 5.41) is 8.15. The first-order valence-corrected chi connectivity index (χ1v) is 7.25. The fourth-order valence-corrected chi connectivity index (χ4v) is 1.73. The minimum atomic E-state index is -0.522. The summed E-state index contributed by atoms with van der Waals surface area (Å²) in [5.74, 6) is -0.491. The van der Waals surface area contributed by atoms with Crippen molar-refractivity contribution in [3.63, 3.8) is 0 Å². The monoisotopic (exact) mass is 324 g/mol. The molecular formula is C18H16N2O4. The standard InChI is InChI=1S/C18H16N2O4/c1-3-17(21)24-16-11-9-15(10-12-16)20-19-14-7-5-13(6-8-14)18(22)23-4-2/h3,5-12H,1,4H2,2H3. The van der Waals surface area contributed by atoms with Crippen molar-refractivity contribution in [1.82, 2.24) is 0 Å². The number of azo groups is 1. The van der Waals surface area contributed by atoms with E-state index in [1.54, 1.807) is 55.5 Å². The molecule has 0 saturated carbocycles. The lowest BCUT2D eigenvalue weighted by atomic mass is 10.2. The first-order valence-electron chi connectivity index (χ1n) is 7.25. The fraction of sp³-hybridized carbons (Fsp3) is 0.111. The maximum absolute atomic E-state index is 11.5. The largest absolute Gasteiger partial charge is 0.462 e. The number of hydrogen-bond donors (Lipinski definition) is 0. The van der Waals surface area contributed by atoms with Gasteiger partial charge in [-0.15, -0.1) is 0 Å². The SMILES string of the molecule is C=CC(=O)Oc1ccc(N=Nc2ccc(C(=O)OCC)cc2)cc1. The van der Waals surface area contributed by atoms with Crippen molar-refractivity contribution >= 4 is 23.3 Å². The van der Waals surface area contributed by atoms with Gasteiger partial charge in [-0.25, -0.2) is 9.59 Å². The summed E-state index contributed by atoms with van der Waals surface area (Å²) >= 11 is 0. The van der Waals surface area contributed by atoms with Crippen molar-refractivity contribution in [2.24, 2.45) is 10.2 Å². The second kappa shape index (κ2) is 8.38. The molecule has 0 atom stereocenters. The molecule has 0 fully saturated rings. The van der Waals surface area contributed by atoms with Crippen LogP contribution in [0.4, 0.5) is 11.4 Å². The first-order chi connectivity index (χ1) is 11.6. The van der Waals surface area contributed by atoms with Crippen molar-refractivity contribution in [1.29, 1.82) is 0 Å². The van der Waals surface area contributed by atoms with Gasteiger partial charge in [-0.3, -0.25) is 0 Å². The predicted molar refractivity (Wildman–Crippen MR) is 88.8 cm³/mol. The third-order valence-corrected chi connectivity index (χ3v) is 2.88. The van der Waals surface area contributed by atoms with Crippen LogP contribution < -0.4 is 4.74 Å². The highest BCUT2D eigenvalue weighted by Crippen LogP contribution is 2.21. The predicted octanol–water partition coefficient (Wildman–Crippen LogP) is 4.37. The molecule has 0 unspecified atom stereocenters. The Hall–Kier alpha value is -3.28. The molecule has 0 aromatic heterocycles. The highest BCUT2D eigenvalue weighted by atomic mass is 16.5. The lowest BCUT2D eigenvalue weighted by Gasteiger charge is -2.01. The van der Waals surface area contributed by atoms with Gasteiger partial charge in [0, 0.05) is 6.08 Å². The maximum Gasteiger partial charge on any atom is 0.338 e. The van der Waals surface area contributed by atoms with Gasteiger partial charge in [0.1, 0.15) is 5.75 Å². The van der Waals surface area contributed by atoms with Crippen LogP contribution >= 0.6 is 0 Å². The van der Waals surface area contributed by atoms with Crippen molar-refractivity contribution in [3.8, 4) is 5.75 Å². The summed E-state index contributed by atoms with van der Waals surface area (Å²) in [7, 11) is 0. The van der Waals surface area contributed by atoms with Crippen LogP contribution in [0.3, 0.4) is 0 Å². The van der Waals surface area contributed by atoms with Crippen LogP contribution in [0, 0.1) is 0 Å². The molecule has 0 saturated heterocycles. The summed E-state index contributed by atoms with van der Waals surface area (Å²) in [6, 6.07) is 13.2. The number of esters is 2. The number of carbonyl (C=O) groups excluding carboxylic acids is 2. The number of hydrogen-bond acceptors (Lipinski definition) is 6. The molecule has 0 spiro atoms. The van der Waals surface area contributed by atoms with E-state index < -0.39 is 5.97 Å². The van der Waals surface area contributed by atoms with Crippen LogP contribution in [0.25, 0.3) is 0 Å². The van der Waals surface area contributed by atoms with E-state index in [9.17, 15) is 9.59 Å². The van der Waals surface area contributed by atoms with Gasteiger partial charge in [0.25, 0.3) is 0 Å². The van der Waals surface area contributed by atoms with Gasteiger partial charge in [-0.1, -0.05) is 6.58 Å². The Balaban J connectivity index is 2.01. The van der Waals surface area contributed by atoms with Gasteiger partial charge < -0.3 is 9.47 Å². The van der Waals surface area contributed by atoms with Crippen LogP contribution in [0.15, 0.2) is 71.4 Å². The van der Waals surface area contributed by atoms with E-state index in [0.29, 0.717) is 29.3 Å². The third-order valence-electron chi connectivity index (χ3n) is 2.88. The molecule has 0 radical (unpaired) electrons. The highest BCUT2D eigenvalue weighted by Gasteiger charge is 2.05. The van der Waals surface area contributed by atoms with Gasteiger partial charge in [-0.05, 0) is 55.5 Å². The summed E-state index contributed by atoms with van der Waals surface area (Å²) in [5.41, 5.74) is 1.66. The summed E-state index contributed by atoms with van der Waals surface area (Å²) in [6.07, 6.45) is 1.09. The molecule has 0 aliphatic carbocycles. The molecule has 0 amide bonds. The van der Waals surface area contributed by atoms with E-state index in [0.717, 1.165) is 6.08 Å². The molecule has 2 aromatic rings. The van der Waals surface area contributed by atoms with Crippen molar-refractivity contribution in [2.75, 3.05) is 6.61 Å². The van der Waals surface area contributed by atoms with E-state index >= 15 is 0 Å². The Morgan fingerprint density at radius 1 is 1.00 bits per heavy atom. The minimum Gasteiger partial charge on any atom is -0.462 e. The van der Waals surface area contributed by atoms with Crippen LogP contribution in [0.1, 0.15) is 17.3 Å². The zero-order chi connectivity index (χ0) is 17.4. The average molecular weight is 324 g/mol. The summed E-state index contributed by atoms with van der Waals surface area (Å²) < 4.78 is 9.87. The van der Waals surface area contributed by atoms with Gasteiger partial charge in [-0.2, -0.15) is 10.2 Å². The molecule has 0 aliphatic heterocycles. The molecule has 0 heterocycles. The molecule has 0 aliphatic rings. The summed E-state index contributed by atoms with van der Waals surface area (Å²) in [6.45, 7) is 5.41. The highest BCUT2D eigenvalue weighted by molar-refractivity contribution is 5.89. The number of benzene rings is 2. The van der Waals surface area contributed by atoms with Crippen molar-refractivity contribution < 1.29 is 19.1 Å². The molecule has 122 valence electrons. The van der Waals surface area contributed by atoms with Gasteiger partial charge in [0.2, 0.25) is 0 Å². The van der Waals surface area contributed by atoms with Crippen LogP contribution in [-0.4, -0.2) is 18.5 Å². The van der Waals surface area contributed by atoms with Gasteiger partial charge in [0.15, 0.2) is 0 Å². The molecule has 0 N–H and O–H groups in total.